The van der Waals surface area contributed by atoms with E-state index in [0.717, 1.165) is 33.3 Å². The molecule has 1 amide bonds. The van der Waals surface area contributed by atoms with Crippen LogP contribution in [-0.2, 0) is 11.4 Å². The second-order valence-corrected chi connectivity index (χ2v) is 7.40. The van der Waals surface area contributed by atoms with Crippen LogP contribution in [0, 0.1) is 0 Å². The Morgan fingerprint density at radius 3 is 2.41 bits per heavy atom. The van der Waals surface area contributed by atoms with Crippen molar-refractivity contribution in [1.29, 1.82) is 0 Å². The molecule has 29 heavy (non-hydrogen) atoms. The highest BCUT2D eigenvalue weighted by atomic mass is 16.5. The van der Waals surface area contributed by atoms with Crippen molar-refractivity contribution < 1.29 is 9.53 Å². The number of rotatable bonds is 4. The maximum absolute atomic E-state index is 12.4. The van der Waals surface area contributed by atoms with Crippen LogP contribution in [0.1, 0.15) is 29.0 Å². The number of hydrogen-bond acceptors (Lipinski definition) is 2. The average molecular weight is 379 g/mol. The first-order valence-corrected chi connectivity index (χ1v) is 9.86. The Balaban J connectivity index is 1.43. The average Bonchev–Trinajstić information content (AvgIpc) is 2.78. The lowest BCUT2D eigenvalue weighted by Crippen LogP contribution is -2.23. The van der Waals surface area contributed by atoms with Gasteiger partial charge in [-0.2, -0.15) is 0 Å². The molecule has 0 bridgehead atoms. The second-order valence-electron chi connectivity index (χ2n) is 7.40. The van der Waals surface area contributed by atoms with Gasteiger partial charge in [-0.15, -0.1) is 0 Å². The van der Waals surface area contributed by atoms with Crippen molar-refractivity contribution in [1.82, 2.24) is 0 Å². The Bertz CT molecular complexity index is 1170. The van der Waals surface area contributed by atoms with Crippen LogP contribution in [0.2, 0.25) is 0 Å². The Labute approximate surface area is 170 Å². The minimum absolute atomic E-state index is 0.0477. The van der Waals surface area contributed by atoms with Gasteiger partial charge in [0.05, 0.1) is 5.69 Å². The fourth-order valence-electron chi connectivity index (χ4n) is 4.04. The highest BCUT2D eigenvalue weighted by Gasteiger charge is 2.27. The van der Waals surface area contributed by atoms with E-state index in [-0.39, 0.29) is 11.8 Å². The molecule has 5 rings (SSSR count). The molecule has 3 heteroatoms. The predicted molar refractivity (Wildman–Crippen MR) is 116 cm³/mol. The molecule has 0 radical (unpaired) electrons. The molecule has 0 spiro atoms. The van der Waals surface area contributed by atoms with E-state index in [4.69, 9.17) is 4.74 Å². The van der Waals surface area contributed by atoms with Gasteiger partial charge in [0.2, 0.25) is 5.91 Å². The topological polar surface area (TPSA) is 38.3 Å². The molecule has 4 aromatic rings. The zero-order valence-electron chi connectivity index (χ0n) is 16.0. The fraction of sp³-hybridized carbons (Fsp3) is 0.115. The zero-order valence-corrected chi connectivity index (χ0v) is 16.0. The van der Waals surface area contributed by atoms with Crippen LogP contribution in [0.5, 0.6) is 5.75 Å². The van der Waals surface area contributed by atoms with Gasteiger partial charge < -0.3 is 10.1 Å². The quantitative estimate of drug-likeness (QED) is 0.480. The van der Waals surface area contributed by atoms with Crippen molar-refractivity contribution >= 4 is 22.4 Å². The molecule has 1 heterocycles. The number of anilines is 1. The molecular weight excluding hydrogens is 358 g/mol. The minimum Gasteiger partial charge on any atom is -0.489 e. The summed E-state index contributed by atoms with van der Waals surface area (Å²) in [5.74, 6) is 0.936. The van der Waals surface area contributed by atoms with E-state index in [9.17, 15) is 4.79 Å². The van der Waals surface area contributed by atoms with Crippen LogP contribution in [0.15, 0.2) is 91.0 Å². The van der Waals surface area contributed by atoms with E-state index in [0.29, 0.717) is 13.0 Å². The van der Waals surface area contributed by atoms with Crippen LogP contribution in [0.25, 0.3) is 10.8 Å². The molecule has 4 aromatic carbocycles. The number of carbonyl (C=O) groups excluding carboxylic acids is 1. The van der Waals surface area contributed by atoms with E-state index < -0.39 is 0 Å². The predicted octanol–water partition coefficient (Wildman–Crippen LogP) is 5.89. The maximum atomic E-state index is 12.4. The van der Waals surface area contributed by atoms with Gasteiger partial charge in [-0.3, -0.25) is 4.79 Å². The summed E-state index contributed by atoms with van der Waals surface area (Å²) in [7, 11) is 0. The molecule has 1 aliphatic rings. The van der Waals surface area contributed by atoms with Crippen LogP contribution in [-0.4, -0.2) is 5.91 Å². The largest absolute Gasteiger partial charge is 0.489 e. The standard InChI is InChI=1S/C26H21NO2/c28-25-16-24(23-15-12-19-8-4-5-9-22(19)26(23)27-25)20-10-13-21(14-11-20)29-17-18-6-2-1-3-7-18/h1-15,24H,16-17H2,(H,27,28)/t24-/m1/s1. The van der Waals surface area contributed by atoms with E-state index in [1.807, 2.05) is 42.5 Å². The summed E-state index contributed by atoms with van der Waals surface area (Å²) in [5, 5.41) is 5.31. The third-order valence-corrected chi connectivity index (χ3v) is 5.52. The summed E-state index contributed by atoms with van der Waals surface area (Å²) in [4.78, 5) is 12.4. The van der Waals surface area contributed by atoms with Crippen molar-refractivity contribution in [2.24, 2.45) is 0 Å². The van der Waals surface area contributed by atoms with Gasteiger partial charge in [-0.05, 0) is 34.2 Å². The molecule has 1 atom stereocenters. The first kappa shape index (κ1) is 17.5. The van der Waals surface area contributed by atoms with E-state index in [1.54, 1.807) is 0 Å². The molecule has 3 nitrogen and oxygen atoms in total. The Hall–Kier alpha value is -3.59. The Morgan fingerprint density at radius 1 is 0.828 bits per heavy atom. The fourth-order valence-corrected chi connectivity index (χ4v) is 4.04. The van der Waals surface area contributed by atoms with Crippen molar-refractivity contribution in [3.63, 3.8) is 0 Å². The minimum atomic E-state index is 0.0477. The van der Waals surface area contributed by atoms with Crippen molar-refractivity contribution in [2.75, 3.05) is 5.32 Å². The summed E-state index contributed by atoms with van der Waals surface area (Å²) in [6.45, 7) is 0.543. The van der Waals surface area contributed by atoms with Gasteiger partial charge >= 0.3 is 0 Å². The van der Waals surface area contributed by atoms with Gasteiger partial charge in [0.1, 0.15) is 12.4 Å². The maximum Gasteiger partial charge on any atom is 0.225 e. The molecule has 1 N–H and O–H groups in total. The number of carbonyl (C=O) groups is 1. The third-order valence-electron chi connectivity index (χ3n) is 5.52. The molecule has 0 aromatic heterocycles. The van der Waals surface area contributed by atoms with Gasteiger partial charge in [0.15, 0.2) is 0 Å². The van der Waals surface area contributed by atoms with Crippen LogP contribution < -0.4 is 10.1 Å². The molecule has 142 valence electrons. The van der Waals surface area contributed by atoms with Gasteiger partial charge in [0.25, 0.3) is 0 Å². The van der Waals surface area contributed by atoms with Crippen molar-refractivity contribution in [3.8, 4) is 5.75 Å². The SMILES string of the molecule is O=C1C[C@H](c2ccc(OCc3ccccc3)cc2)c2ccc3ccccc3c2N1. The molecule has 0 saturated heterocycles. The number of ether oxygens (including phenoxy) is 1. The normalized spacial score (nSPS) is 15.6. The monoisotopic (exact) mass is 379 g/mol. The van der Waals surface area contributed by atoms with E-state index in [2.05, 4.69) is 53.8 Å². The zero-order chi connectivity index (χ0) is 19.6. The van der Waals surface area contributed by atoms with Crippen LogP contribution in [0.3, 0.4) is 0 Å². The summed E-state index contributed by atoms with van der Waals surface area (Å²) in [6, 6.07) is 30.7. The lowest BCUT2D eigenvalue weighted by atomic mass is 9.83. The molecular formula is C26H21NO2. The first-order chi connectivity index (χ1) is 14.3. The molecule has 0 fully saturated rings. The van der Waals surface area contributed by atoms with Gasteiger partial charge in [0, 0.05) is 17.7 Å². The third kappa shape index (κ3) is 3.47. The molecule has 0 aliphatic carbocycles. The van der Waals surface area contributed by atoms with Crippen molar-refractivity contribution in [3.05, 3.63) is 108 Å². The Morgan fingerprint density at radius 2 is 1.59 bits per heavy atom. The summed E-state index contributed by atoms with van der Waals surface area (Å²) >= 11 is 0. The molecule has 1 aliphatic heterocycles. The highest BCUT2D eigenvalue weighted by molar-refractivity contribution is 6.06. The van der Waals surface area contributed by atoms with E-state index >= 15 is 0 Å². The van der Waals surface area contributed by atoms with Crippen molar-refractivity contribution in [2.45, 2.75) is 18.9 Å². The van der Waals surface area contributed by atoms with Crippen LogP contribution >= 0.6 is 0 Å². The number of amides is 1. The molecule has 0 unspecified atom stereocenters. The van der Waals surface area contributed by atoms with Gasteiger partial charge in [-0.1, -0.05) is 78.9 Å². The number of fused-ring (bicyclic) bond motifs is 3. The second kappa shape index (κ2) is 7.44. The number of nitrogens with one attached hydrogen (secondary N) is 1. The lowest BCUT2D eigenvalue weighted by Gasteiger charge is -2.27. The number of hydrogen-bond donors (Lipinski definition) is 1. The van der Waals surface area contributed by atoms with Gasteiger partial charge in [-0.25, -0.2) is 0 Å². The smallest absolute Gasteiger partial charge is 0.225 e. The Kier molecular flexibility index (Phi) is 4.49. The lowest BCUT2D eigenvalue weighted by molar-refractivity contribution is -0.116. The first-order valence-electron chi connectivity index (χ1n) is 9.86. The summed E-state index contributed by atoms with van der Waals surface area (Å²) < 4.78 is 5.90. The summed E-state index contributed by atoms with van der Waals surface area (Å²) in [5.41, 5.74) is 4.37. The number of benzene rings is 4. The van der Waals surface area contributed by atoms with E-state index in [1.165, 1.54) is 5.56 Å². The van der Waals surface area contributed by atoms with Crippen LogP contribution in [0.4, 0.5) is 5.69 Å². The molecule has 0 saturated carbocycles. The summed E-state index contributed by atoms with van der Waals surface area (Å²) in [6.07, 6.45) is 0.454. The highest BCUT2D eigenvalue weighted by Crippen LogP contribution is 2.41.